The summed E-state index contributed by atoms with van der Waals surface area (Å²) in [6.07, 6.45) is 0. The molecule has 0 saturated heterocycles. The van der Waals surface area contributed by atoms with Gasteiger partial charge >= 0.3 is 0 Å². The maximum absolute atomic E-state index is 8.68. The molecule has 0 amide bonds. The van der Waals surface area contributed by atoms with Crippen LogP contribution < -0.4 is 0 Å². The fourth-order valence-electron chi connectivity index (χ4n) is 0.650. The lowest BCUT2D eigenvalue weighted by atomic mass is 10.4. The Morgan fingerprint density at radius 3 is 2.00 bits per heavy atom. The summed E-state index contributed by atoms with van der Waals surface area (Å²) in [6.45, 7) is -3.67. The van der Waals surface area contributed by atoms with Gasteiger partial charge in [-0.25, -0.2) is 0 Å². The zero-order valence-corrected chi connectivity index (χ0v) is 7.41. The Kier molecular flexibility index (Phi) is 2.87. The number of thiol groups is 1. The van der Waals surface area contributed by atoms with Gasteiger partial charge in [0.05, 0.1) is 0 Å². The second-order valence-electron chi connectivity index (χ2n) is 1.97. The first kappa shape index (κ1) is 8.97. The third kappa shape index (κ3) is 3.70. The highest BCUT2D eigenvalue weighted by molar-refractivity contribution is 8.16. The zero-order chi connectivity index (χ0) is 8.32. The molecule has 0 aliphatic heterocycles. The van der Waals surface area contributed by atoms with Gasteiger partial charge in [0.15, 0.2) is 0 Å². The smallest absolute Gasteiger partial charge is 0.278 e. The first-order valence-corrected chi connectivity index (χ1v) is 6.18. The number of hydrogen-bond acceptors (Lipinski definition) is 0. The lowest BCUT2D eigenvalue weighted by Crippen LogP contribution is -1.78. The lowest BCUT2D eigenvalue weighted by Gasteiger charge is -2.01. The highest BCUT2D eigenvalue weighted by Gasteiger charge is 1.99. The summed E-state index contributed by atoms with van der Waals surface area (Å²) in [5, 5.41) is 0. The Balaban J connectivity index is 2.98. The predicted octanol–water partition coefficient (Wildman–Crippen LogP) is 0.515. The van der Waals surface area contributed by atoms with E-state index in [0.717, 1.165) is 0 Å². The highest BCUT2D eigenvalue weighted by atomic mass is 32.5. The second kappa shape index (κ2) is 3.52. The molecule has 0 atom stereocenters. The molecule has 0 heterocycles. The first-order chi connectivity index (χ1) is 5.08. The van der Waals surface area contributed by atoms with E-state index in [1.165, 1.54) is 0 Å². The Hall–Kier alpha value is -0.120. The van der Waals surface area contributed by atoms with E-state index in [2.05, 4.69) is 0 Å². The van der Waals surface area contributed by atoms with Crippen molar-refractivity contribution in [3.63, 3.8) is 0 Å². The molecule has 0 fully saturated rings. The van der Waals surface area contributed by atoms with E-state index < -0.39 is 6.72 Å². The molecular weight excluding hydrogens is 183 g/mol. The summed E-state index contributed by atoms with van der Waals surface area (Å²) in [7, 11) is 0.185. The van der Waals surface area contributed by atoms with Crippen LogP contribution in [0.2, 0.25) is 0 Å². The summed E-state index contributed by atoms with van der Waals surface area (Å²) in [5.41, 5.74) is 0. The third-order valence-electron chi connectivity index (χ3n) is 1.01. The molecule has 62 valence electrons. The topological polar surface area (TPSA) is 60.7 Å². The van der Waals surface area contributed by atoms with Crippen LogP contribution in [0.4, 0.5) is 0 Å². The Bertz CT molecular complexity index is 271. The molecule has 1 rings (SSSR count). The van der Waals surface area contributed by atoms with Gasteiger partial charge in [-0.3, -0.25) is 0 Å². The van der Waals surface area contributed by atoms with Gasteiger partial charge in [0.1, 0.15) is 0 Å². The summed E-state index contributed by atoms with van der Waals surface area (Å²) in [6, 6.07) is 8.82. The van der Waals surface area contributed by atoms with E-state index in [1.54, 1.807) is 24.3 Å². The van der Waals surface area contributed by atoms with E-state index >= 15 is 0 Å². The fourth-order valence-corrected chi connectivity index (χ4v) is 2.59. The number of benzene rings is 1. The Morgan fingerprint density at radius 2 is 1.55 bits per heavy atom. The van der Waals surface area contributed by atoms with Crippen LogP contribution in [-0.4, -0.2) is 14.7 Å². The molecule has 3 N–H and O–H groups in total. The molecule has 0 aromatic heterocycles. The minimum Gasteiger partial charge on any atom is -0.328 e. The van der Waals surface area contributed by atoms with Crippen molar-refractivity contribution in [2.24, 2.45) is 0 Å². The van der Waals surface area contributed by atoms with Gasteiger partial charge in [0, 0.05) is 4.90 Å². The van der Waals surface area contributed by atoms with Crippen molar-refractivity contribution < 1.29 is 14.7 Å². The Labute approximate surface area is 68.2 Å². The molecule has 1 aromatic carbocycles. The van der Waals surface area contributed by atoms with Crippen LogP contribution in [0.25, 0.3) is 0 Å². The molecule has 0 aliphatic rings. The molecule has 1 aromatic rings. The summed E-state index contributed by atoms with van der Waals surface area (Å²) < 4.78 is 0. The molecule has 0 bridgehead atoms. The second-order valence-corrected chi connectivity index (χ2v) is 5.97. The molecule has 3 nitrogen and oxygen atoms in total. The largest absolute Gasteiger partial charge is 0.328 e. The van der Waals surface area contributed by atoms with Crippen LogP contribution in [0, 0.1) is 0 Å². The summed E-state index contributed by atoms with van der Waals surface area (Å²) in [5.74, 6) is 0. The van der Waals surface area contributed by atoms with Crippen molar-refractivity contribution in [3.05, 3.63) is 30.3 Å². The van der Waals surface area contributed by atoms with Gasteiger partial charge in [-0.2, -0.15) is 0 Å². The number of rotatable bonds is 1. The minimum absolute atomic E-state index is 0.185. The lowest BCUT2D eigenvalue weighted by molar-refractivity contribution is 0.363. The van der Waals surface area contributed by atoms with Crippen molar-refractivity contribution in [1.82, 2.24) is 0 Å². The van der Waals surface area contributed by atoms with Gasteiger partial charge in [-0.15, -0.1) is 0 Å². The van der Waals surface area contributed by atoms with Crippen LogP contribution in [0.1, 0.15) is 0 Å². The zero-order valence-electron chi connectivity index (χ0n) is 5.62. The fraction of sp³-hybridized carbons (Fsp3) is 0. The van der Waals surface area contributed by atoms with Gasteiger partial charge in [-0.05, 0) is 12.1 Å². The van der Waals surface area contributed by atoms with Crippen molar-refractivity contribution >= 4 is 17.7 Å². The molecule has 0 saturated carbocycles. The maximum atomic E-state index is 8.68. The summed E-state index contributed by atoms with van der Waals surface area (Å²) >= 11 is 0. The van der Waals surface area contributed by atoms with Crippen LogP contribution in [0.5, 0.6) is 0 Å². The van der Waals surface area contributed by atoms with Crippen LogP contribution in [0.3, 0.4) is 0 Å². The van der Waals surface area contributed by atoms with E-state index in [1.807, 2.05) is 6.07 Å². The van der Waals surface area contributed by atoms with Crippen molar-refractivity contribution in [1.29, 1.82) is 0 Å². The summed E-state index contributed by atoms with van der Waals surface area (Å²) in [4.78, 5) is 26.7. The SMILES string of the molecule is OP(O)(O)=[SH]c1ccccc1. The molecule has 11 heavy (non-hydrogen) atoms. The van der Waals surface area contributed by atoms with Crippen molar-refractivity contribution in [2.45, 2.75) is 4.90 Å². The van der Waals surface area contributed by atoms with E-state index in [0.29, 0.717) is 4.90 Å². The van der Waals surface area contributed by atoms with Gasteiger partial charge in [0.25, 0.3) is 6.72 Å². The van der Waals surface area contributed by atoms with Crippen molar-refractivity contribution in [2.75, 3.05) is 0 Å². The van der Waals surface area contributed by atoms with Crippen LogP contribution >= 0.6 is 6.72 Å². The molecule has 0 unspecified atom stereocenters. The monoisotopic (exact) mass is 192 g/mol. The standard InChI is InChI=1S/C6H9O3PS/c7-10(8,9)11-6-4-2-1-3-5-6/h1-5,7-9,11H. The van der Waals surface area contributed by atoms with Gasteiger partial charge in [-0.1, -0.05) is 29.1 Å². The van der Waals surface area contributed by atoms with E-state index in [9.17, 15) is 0 Å². The minimum atomic E-state index is -3.67. The van der Waals surface area contributed by atoms with Crippen LogP contribution in [-0.2, 0) is 10.9 Å². The van der Waals surface area contributed by atoms with Gasteiger partial charge in [0.2, 0.25) is 0 Å². The molecule has 0 radical (unpaired) electrons. The normalized spacial score (nSPS) is 11.5. The van der Waals surface area contributed by atoms with E-state index in [4.69, 9.17) is 14.7 Å². The third-order valence-corrected chi connectivity index (χ3v) is 3.30. The molecule has 0 aliphatic carbocycles. The highest BCUT2D eigenvalue weighted by Crippen LogP contribution is 2.33. The van der Waals surface area contributed by atoms with Gasteiger partial charge < -0.3 is 14.7 Å². The molecule has 5 heteroatoms. The Morgan fingerprint density at radius 1 is 1.00 bits per heavy atom. The first-order valence-electron chi connectivity index (χ1n) is 2.93. The molecule has 0 spiro atoms. The quantitative estimate of drug-likeness (QED) is 0.387. The van der Waals surface area contributed by atoms with Crippen LogP contribution in [0.15, 0.2) is 35.2 Å². The van der Waals surface area contributed by atoms with Crippen molar-refractivity contribution in [3.8, 4) is 0 Å². The van der Waals surface area contributed by atoms with E-state index in [-0.39, 0.29) is 10.9 Å². The average molecular weight is 192 g/mol. The maximum Gasteiger partial charge on any atom is 0.278 e. The molecular formula is C6H9O3PS. The average Bonchev–Trinajstić information content (AvgIpc) is 1.85. The number of hydrogen-bond donors (Lipinski definition) is 4. The predicted molar refractivity (Wildman–Crippen MR) is 47.0 cm³/mol.